The maximum absolute atomic E-state index is 12.3. The molecule has 1 amide bonds. The number of aromatic amines is 2. The van der Waals surface area contributed by atoms with Gasteiger partial charge in [0, 0.05) is 5.39 Å². The molecule has 0 bridgehead atoms. The van der Waals surface area contributed by atoms with E-state index in [0.717, 1.165) is 5.56 Å². The summed E-state index contributed by atoms with van der Waals surface area (Å²) in [5, 5.41) is 18.5. The molecule has 8 nitrogen and oxygen atoms in total. The Labute approximate surface area is 146 Å². The van der Waals surface area contributed by atoms with Gasteiger partial charge in [-0.2, -0.15) is 0 Å². The lowest BCUT2D eigenvalue weighted by Crippen LogP contribution is -2.14. The van der Waals surface area contributed by atoms with Crippen LogP contribution < -0.4 is 5.56 Å². The van der Waals surface area contributed by atoms with Crippen molar-refractivity contribution in [3.8, 4) is 5.88 Å². The lowest BCUT2D eigenvalue weighted by molar-refractivity contribution is 0.0985. The second kappa shape index (κ2) is 5.92. The molecule has 0 spiro atoms. The topological polar surface area (TPSA) is 124 Å². The third-order valence-corrected chi connectivity index (χ3v) is 3.96. The average molecular weight is 347 g/mol. The van der Waals surface area contributed by atoms with Crippen molar-refractivity contribution in [2.45, 2.75) is 6.92 Å². The molecule has 2 aromatic carbocycles. The highest BCUT2D eigenvalue weighted by molar-refractivity contribution is 5.96. The van der Waals surface area contributed by atoms with Crippen molar-refractivity contribution in [3.63, 3.8) is 0 Å². The zero-order valence-corrected chi connectivity index (χ0v) is 13.6. The van der Waals surface area contributed by atoms with E-state index in [4.69, 9.17) is 0 Å². The molecule has 2 aromatic heterocycles. The highest BCUT2D eigenvalue weighted by atomic mass is 16.3. The molecular weight excluding hydrogens is 334 g/mol. The van der Waals surface area contributed by atoms with Crippen LogP contribution >= 0.6 is 0 Å². The van der Waals surface area contributed by atoms with Gasteiger partial charge in [-0.3, -0.25) is 9.59 Å². The minimum Gasteiger partial charge on any atom is -0.493 e. The van der Waals surface area contributed by atoms with Crippen molar-refractivity contribution in [1.29, 1.82) is 0 Å². The molecule has 2 heterocycles. The summed E-state index contributed by atoms with van der Waals surface area (Å²) in [4.78, 5) is 33.6. The molecule has 0 atom stereocenters. The molecule has 3 N–H and O–H groups in total. The number of benzene rings is 2. The Morgan fingerprint density at radius 3 is 2.77 bits per heavy atom. The largest absolute Gasteiger partial charge is 0.493 e. The van der Waals surface area contributed by atoms with E-state index in [1.165, 1.54) is 0 Å². The Morgan fingerprint density at radius 2 is 1.92 bits per heavy atom. The van der Waals surface area contributed by atoms with Crippen LogP contribution in [0.25, 0.3) is 21.8 Å². The van der Waals surface area contributed by atoms with Gasteiger partial charge in [0.05, 0.1) is 16.4 Å². The predicted molar refractivity (Wildman–Crippen MR) is 95.9 cm³/mol. The maximum Gasteiger partial charge on any atom is 0.331 e. The number of azo groups is 1. The summed E-state index contributed by atoms with van der Waals surface area (Å²) in [7, 11) is 0. The van der Waals surface area contributed by atoms with E-state index in [9.17, 15) is 14.7 Å². The number of aromatic nitrogens is 3. The van der Waals surface area contributed by atoms with Gasteiger partial charge in [0.15, 0.2) is 5.69 Å². The van der Waals surface area contributed by atoms with Crippen LogP contribution in [0.1, 0.15) is 16.2 Å². The number of nitrogens with one attached hydrogen (secondary N) is 2. The molecule has 0 aliphatic rings. The number of nitrogens with zero attached hydrogens (tertiary/aromatic N) is 3. The molecule has 0 saturated heterocycles. The molecule has 0 aliphatic heterocycles. The van der Waals surface area contributed by atoms with E-state index in [2.05, 4.69) is 25.2 Å². The van der Waals surface area contributed by atoms with E-state index in [1.807, 2.05) is 19.1 Å². The summed E-state index contributed by atoms with van der Waals surface area (Å²) < 4.78 is 0. The number of aryl methyl sites for hydroxylation is 1. The Morgan fingerprint density at radius 1 is 1.12 bits per heavy atom. The second-order valence-electron chi connectivity index (χ2n) is 5.81. The van der Waals surface area contributed by atoms with Gasteiger partial charge in [-0.15, -0.1) is 10.2 Å². The fraction of sp³-hybridized carbons (Fsp3) is 0.0556. The number of amides is 1. The van der Waals surface area contributed by atoms with Crippen LogP contribution in [0.5, 0.6) is 5.88 Å². The zero-order chi connectivity index (χ0) is 18.3. The van der Waals surface area contributed by atoms with Crippen molar-refractivity contribution < 1.29 is 9.90 Å². The summed E-state index contributed by atoms with van der Waals surface area (Å²) in [6.45, 7) is 1.90. The Balaban J connectivity index is 1.74. The Bertz CT molecular complexity index is 1250. The number of fused-ring (bicyclic) bond motifs is 2. The summed E-state index contributed by atoms with van der Waals surface area (Å²) >= 11 is 0. The van der Waals surface area contributed by atoms with E-state index < -0.39 is 11.5 Å². The Hall–Kier alpha value is -3.81. The van der Waals surface area contributed by atoms with E-state index in [1.54, 1.807) is 30.3 Å². The molecule has 4 rings (SSSR count). The van der Waals surface area contributed by atoms with Gasteiger partial charge < -0.3 is 15.1 Å². The SMILES string of the molecule is Cc1ccc2[nH]c(O)c(N=NC(=O)c3nc4ccccc4c(=O)[nH]3)c2c1. The standard InChI is InChI=1S/C18H13N5O3/c1-9-6-7-13-11(8-9)14(17(25)20-13)22-23-18(26)15-19-12-5-3-2-4-10(12)16(24)21-15/h2-8,20,25H,1H3,(H,19,21,24). The summed E-state index contributed by atoms with van der Waals surface area (Å²) in [5.41, 5.74) is 1.76. The summed E-state index contributed by atoms with van der Waals surface area (Å²) in [6.07, 6.45) is 0. The fourth-order valence-corrected chi connectivity index (χ4v) is 2.71. The Kier molecular flexibility index (Phi) is 3.58. The van der Waals surface area contributed by atoms with Gasteiger partial charge in [-0.1, -0.05) is 23.8 Å². The molecule has 0 fully saturated rings. The van der Waals surface area contributed by atoms with E-state index in [0.29, 0.717) is 21.8 Å². The molecule has 8 heteroatoms. The van der Waals surface area contributed by atoms with Crippen LogP contribution in [0, 0.1) is 6.92 Å². The smallest absolute Gasteiger partial charge is 0.331 e. The van der Waals surface area contributed by atoms with Crippen LogP contribution in [-0.2, 0) is 0 Å². The fourth-order valence-electron chi connectivity index (χ4n) is 2.71. The molecule has 0 unspecified atom stereocenters. The van der Waals surface area contributed by atoms with E-state index in [-0.39, 0.29) is 17.4 Å². The predicted octanol–water partition coefficient (Wildman–Crippen LogP) is 3.34. The molecule has 0 radical (unpaired) electrons. The van der Waals surface area contributed by atoms with Gasteiger partial charge in [0.2, 0.25) is 11.7 Å². The molecule has 128 valence electrons. The van der Waals surface area contributed by atoms with Crippen LogP contribution in [0.4, 0.5) is 5.69 Å². The number of H-pyrrole nitrogens is 2. The third kappa shape index (κ3) is 2.63. The molecule has 0 aliphatic carbocycles. The van der Waals surface area contributed by atoms with Crippen molar-refractivity contribution in [1.82, 2.24) is 15.0 Å². The molecule has 0 saturated carbocycles. The number of carbonyl (C=O) groups excluding carboxylic acids is 1. The lowest BCUT2D eigenvalue weighted by Gasteiger charge is -1.98. The second-order valence-corrected chi connectivity index (χ2v) is 5.81. The number of rotatable bonds is 2. The lowest BCUT2D eigenvalue weighted by atomic mass is 10.2. The van der Waals surface area contributed by atoms with Crippen LogP contribution in [0.2, 0.25) is 0 Å². The molecular formula is C18H13N5O3. The van der Waals surface area contributed by atoms with Crippen molar-refractivity contribution >= 4 is 33.4 Å². The number of aromatic hydroxyl groups is 1. The van der Waals surface area contributed by atoms with Gasteiger partial charge >= 0.3 is 5.91 Å². The zero-order valence-electron chi connectivity index (χ0n) is 13.6. The van der Waals surface area contributed by atoms with Gasteiger partial charge in [-0.25, -0.2) is 4.98 Å². The van der Waals surface area contributed by atoms with Crippen LogP contribution in [-0.4, -0.2) is 26.0 Å². The van der Waals surface area contributed by atoms with Crippen molar-refractivity contribution in [2.24, 2.45) is 10.2 Å². The average Bonchev–Trinajstić information content (AvgIpc) is 2.94. The first-order chi connectivity index (χ1) is 12.5. The third-order valence-electron chi connectivity index (χ3n) is 3.96. The number of para-hydroxylation sites is 1. The van der Waals surface area contributed by atoms with Crippen molar-refractivity contribution in [3.05, 3.63) is 64.2 Å². The minimum absolute atomic E-state index is 0.153. The molecule has 26 heavy (non-hydrogen) atoms. The number of carbonyl (C=O) groups is 1. The quantitative estimate of drug-likeness (QED) is 0.481. The molecule has 4 aromatic rings. The highest BCUT2D eigenvalue weighted by Crippen LogP contribution is 2.35. The normalized spacial score (nSPS) is 11.6. The van der Waals surface area contributed by atoms with Crippen LogP contribution in [0.3, 0.4) is 0 Å². The summed E-state index contributed by atoms with van der Waals surface area (Å²) in [6, 6.07) is 12.2. The highest BCUT2D eigenvalue weighted by Gasteiger charge is 2.14. The first-order valence-electron chi connectivity index (χ1n) is 7.79. The van der Waals surface area contributed by atoms with Gasteiger partial charge in [0.1, 0.15) is 0 Å². The number of hydrogen-bond acceptors (Lipinski definition) is 5. The van der Waals surface area contributed by atoms with Crippen molar-refractivity contribution in [2.75, 3.05) is 0 Å². The summed E-state index contributed by atoms with van der Waals surface area (Å²) in [5.74, 6) is -1.22. The maximum atomic E-state index is 12.3. The monoisotopic (exact) mass is 347 g/mol. The van der Waals surface area contributed by atoms with Gasteiger partial charge in [-0.05, 0) is 31.2 Å². The number of hydrogen-bond donors (Lipinski definition) is 3. The first kappa shape index (κ1) is 15.7. The van der Waals surface area contributed by atoms with Gasteiger partial charge in [0.25, 0.3) is 5.56 Å². The minimum atomic E-state index is -0.811. The van der Waals surface area contributed by atoms with E-state index >= 15 is 0 Å². The van der Waals surface area contributed by atoms with Crippen LogP contribution in [0.15, 0.2) is 57.5 Å². The first-order valence-corrected chi connectivity index (χ1v) is 7.79.